The Morgan fingerprint density at radius 2 is 1.81 bits per heavy atom. The number of amides is 2. The number of pyridine rings is 1. The van der Waals surface area contributed by atoms with Crippen molar-refractivity contribution < 1.29 is 19.1 Å². The molecule has 1 aromatic rings. The van der Waals surface area contributed by atoms with Crippen molar-refractivity contribution in [3.63, 3.8) is 0 Å². The number of hydrogen-bond donors (Lipinski definition) is 0. The quantitative estimate of drug-likeness (QED) is 0.720. The van der Waals surface area contributed by atoms with Gasteiger partial charge in [0.15, 0.2) is 0 Å². The van der Waals surface area contributed by atoms with E-state index < -0.39 is 0 Å². The average molecular weight is 430 g/mol. The maximum Gasteiger partial charge on any atom is 0.225 e. The van der Waals surface area contributed by atoms with Crippen LogP contribution in [0.15, 0.2) is 24.5 Å². The molecule has 3 saturated heterocycles. The molecule has 7 nitrogen and oxygen atoms in total. The van der Waals surface area contributed by atoms with Gasteiger partial charge in [0.05, 0.1) is 12.2 Å². The zero-order valence-electron chi connectivity index (χ0n) is 18.6. The van der Waals surface area contributed by atoms with Crippen molar-refractivity contribution in [3.8, 4) is 5.75 Å². The van der Waals surface area contributed by atoms with Gasteiger partial charge < -0.3 is 19.3 Å². The predicted octanol–water partition coefficient (Wildman–Crippen LogP) is 2.90. The molecule has 0 radical (unpaired) electrons. The molecule has 0 saturated carbocycles. The Morgan fingerprint density at radius 3 is 2.48 bits per heavy atom. The molecule has 4 heterocycles. The topological polar surface area (TPSA) is 72.0 Å². The summed E-state index contributed by atoms with van der Waals surface area (Å²) in [5, 5.41) is 0. The predicted molar refractivity (Wildman–Crippen MR) is 117 cm³/mol. The molecule has 170 valence electrons. The molecule has 1 unspecified atom stereocenters. The SMILES string of the molecule is CC(=O)N1CCC(C(=O)N2CCC3(CC2)CC(CCOc2ccncc2)CCO3)CC1. The van der Waals surface area contributed by atoms with E-state index in [-0.39, 0.29) is 23.3 Å². The first-order chi connectivity index (χ1) is 15.0. The molecule has 1 spiro atoms. The third-order valence-corrected chi connectivity index (χ3v) is 7.32. The molecule has 0 aliphatic carbocycles. The molecular formula is C24H35N3O4. The number of nitrogens with zero attached hydrogens (tertiary/aromatic N) is 3. The zero-order chi connectivity index (χ0) is 21.7. The van der Waals surface area contributed by atoms with E-state index in [0.717, 1.165) is 70.4 Å². The third-order valence-electron chi connectivity index (χ3n) is 7.32. The average Bonchev–Trinajstić information content (AvgIpc) is 2.80. The third kappa shape index (κ3) is 5.56. The summed E-state index contributed by atoms with van der Waals surface area (Å²) in [6.07, 6.45) is 10.1. The number of carbonyl (C=O) groups excluding carboxylic acids is 2. The lowest BCUT2D eigenvalue weighted by Gasteiger charge is -2.47. The Morgan fingerprint density at radius 1 is 1.10 bits per heavy atom. The number of piperidine rings is 2. The molecule has 2 amide bonds. The summed E-state index contributed by atoms with van der Waals surface area (Å²) in [5.74, 6) is 1.93. The fraction of sp³-hybridized carbons (Fsp3) is 0.708. The lowest BCUT2D eigenvalue weighted by molar-refractivity contribution is -0.152. The second kappa shape index (κ2) is 9.98. The molecule has 31 heavy (non-hydrogen) atoms. The van der Waals surface area contributed by atoms with Crippen LogP contribution in [-0.2, 0) is 14.3 Å². The zero-order valence-corrected chi connectivity index (χ0v) is 18.6. The summed E-state index contributed by atoms with van der Waals surface area (Å²) in [6.45, 7) is 6.10. The minimum absolute atomic E-state index is 0.0648. The molecule has 4 rings (SSSR count). The highest BCUT2D eigenvalue weighted by atomic mass is 16.5. The number of ether oxygens (including phenoxy) is 2. The summed E-state index contributed by atoms with van der Waals surface area (Å²) in [5.41, 5.74) is -0.0750. The van der Waals surface area contributed by atoms with Gasteiger partial charge in [-0.05, 0) is 63.0 Å². The maximum atomic E-state index is 13.0. The molecule has 0 bridgehead atoms. The van der Waals surface area contributed by atoms with Crippen LogP contribution in [0, 0.1) is 11.8 Å². The van der Waals surface area contributed by atoms with Crippen LogP contribution in [0.2, 0.25) is 0 Å². The molecule has 0 aromatic carbocycles. The van der Waals surface area contributed by atoms with Gasteiger partial charge >= 0.3 is 0 Å². The monoisotopic (exact) mass is 429 g/mol. The summed E-state index contributed by atoms with van der Waals surface area (Å²) in [4.78, 5) is 32.4. The minimum atomic E-state index is -0.0750. The van der Waals surface area contributed by atoms with Gasteiger partial charge in [0.1, 0.15) is 5.75 Å². The Balaban J connectivity index is 1.22. The second-order valence-corrected chi connectivity index (χ2v) is 9.32. The van der Waals surface area contributed by atoms with E-state index in [2.05, 4.69) is 4.98 Å². The molecule has 1 atom stereocenters. The standard InChI is InChI=1S/C24H35N3O4/c1-19(28)26-12-4-21(5-13-26)23(29)27-14-8-24(9-15-27)18-20(7-17-31-24)6-16-30-22-2-10-25-11-3-22/h2-3,10-11,20-21H,4-9,12-18H2,1H3. The van der Waals surface area contributed by atoms with Crippen molar-refractivity contribution in [2.45, 2.75) is 57.5 Å². The summed E-state index contributed by atoms with van der Waals surface area (Å²) in [7, 11) is 0. The van der Waals surface area contributed by atoms with Crippen molar-refractivity contribution in [2.24, 2.45) is 11.8 Å². The number of aromatic nitrogens is 1. The molecular weight excluding hydrogens is 394 g/mol. The van der Waals surface area contributed by atoms with Crippen LogP contribution in [0.1, 0.15) is 51.9 Å². The number of carbonyl (C=O) groups is 2. The second-order valence-electron chi connectivity index (χ2n) is 9.32. The lowest BCUT2D eigenvalue weighted by Crippen LogP contribution is -2.52. The summed E-state index contributed by atoms with van der Waals surface area (Å²) >= 11 is 0. The van der Waals surface area contributed by atoms with E-state index in [9.17, 15) is 9.59 Å². The Labute approximate surface area is 185 Å². The molecule has 0 N–H and O–H groups in total. The molecule has 1 aromatic heterocycles. The fourth-order valence-electron chi connectivity index (χ4n) is 5.34. The van der Waals surface area contributed by atoms with Crippen molar-refractivity contribution in [1.82, 2.24) is 14.8 Å². The van der Waals surface area contributed by atoms with Crippen LogP contribution in [-0.4, -0.2) is 71.6 Å². The minimum Gasteiger partial charge on any atom is -0.493 e. The summed E-state index contributed by atoms with van der Waals surface area (Å²) < 4.78 is 12.1. The number of hydrogen-bond acceptors (Lipinski definition) is 5. The normalized spacial score (nSPS) is 24.2. The first-order valence-corrected chi connectivity index (χ1v) is 11.8. The van der Waals surface area contributed by atoms with E-state index in [0.29, 0.717) is 25.6 Å². The highest BCUT2D eigenvalue weighted by Gasteiger charge is 2.42. The van der Waals surface area contributed by atoms with Gasteiger partial charge in [0.2, 0.25) is 11.8 Å². The van der Waals surface area contributed by atoms with Crippen LogP contribution in [0.25, 0.3) is 0 Å². The highest BCUT2D eigenvalue weighted by Crippen LogP contribution is 2.39. The van der Waals surface area contributed by atoms with Crippen LogP contribution >= 0.6 is 0 Å². The Bertz CT molecular complexity index is 740. The van der Waals surface area contributed by atoms with Crippen molar-refractivity contribution >= 4 is 11.8 Å². The van der Waals surface area contributed by atoms with Crippen LogP contribution in [0.4, 0.5) is 0 Å². The highest BCUT2D eigenvalue weighted by molar-refractivity contribution is 5.80. The smallest absolute Gasteiger partial charge is 0.225 e. The number of rotatable bonds is 5. The molecule has 3 aliphatic heterocycles. The summed E-state index contributed by atoms with van der Waals surface area (Å²) in [6, 6.07) is 3.78. The maximum absolute atomic E-state index is 13.0. The van der Waals surface area contributed by atoms with E-state index in [1.54, 1.807) is 19.3 Å². The van der Waals surface area contributed by atoms with Gasteiger partial charge in [0.25, 0.3) is 0 Å². The van der Waals surface area contributed by atoms with Gasteiger partial charge in [-0.2, -0.15) is 0 Å². The van der Waals surface area contributed by atoms with E-state index in [1.807, 2.05) is 21.9 Å². The van der Waals surface area contributed by atoms with Gasteiger partial charge in [0, 0.05) is 58.0 Å². The van der Waals surface area contributed by atoms with Crippen LogP contribution in [0.3, 0.4) is 0 Å². The van der Waals surface area contributed by atoms with E-state index in [4.69, 9.17) is 9.47 Å². The van der Waals surface area contributed by atoms with Gasteiger partial charge in [-0.3, -0.25) is 14.6 Å². The fourth-order valence-corrected chi connectivity index (χ4v) is 5.34. The van der Waals surface area contributed by atoms with Gasteiger partial charge in [-0.1, -0.05) is 0 Å². The van der Waals surface area contributed by atoms with Crippen molar-refractivity contribution in [1.29, 1.82) is 0 Å². The number of likely N-dealkylation sites (tertiary alicyclic amines) is 2. The Kier molecular flexibility index (Phi) is 7.10. The van der Waals surface area contributed by atoms with E-state index >= 15 is 0 Å². The largest absolute Gasteiger partial charge is 0.493 e. The first-order valence-electron chi connectivity index (χ1n) is 11.8. The first kappa shape index (κ1) is 22.1. The van der Waals surface area contributed by atoms with Gasteiger partial charge in [-0.15, -0.1) is 0 Å². The van der Waals surface area contributed by atoms with Crippen molar-refractivity contribution in [2.75, 3.05) is 39.4 Å². The molecule has 3 aliphatic rings. The van der Waals surface area contributed by atoms with E-state index in [1.165, 1.54) is 0 Å². The van der Waals surface area contributed by atoms with Gasteiger partial charge in [-0.25, -0.2) is 0 Å². The van der Waals surface area contributed by atoms with Crippen LogP contribution < -0.4 is 4.74 Å². The lowest BCUT2D eigenvalue weighted by atomic mass is 9.78. The van der Waals surface area contributed by atoms with Crippen LogP contribution in [0.5, 0.6) is 5.75 Å². The molecule has 7 heteroatoms. The Hall–Kier alpha value is -2.15. The van der Waals surface area contributed by atoms with Crippen molar-refractivity contribution in [3.05, 3.63) is 24.5 Å². The molecule has 3 fully saturated rings.